The average molecular weight is 268 g/mol. The summed E-state index contributed by atoms with van der Waals surface area (Å²) >= 11 is 0. The number of Topliss-reactive ketones (excluding diaryl/α,β-unsaturated/α-hetero) is 1. The van der Waals surface area contributed by atoms with E-state index in [1.165, 1.54) is 34.5 Å². The maximum Gasteiger partial charge on any atom is 0.313 e. The van der Waals surface area contributed by atoms with Crippen LogP contribution in [0.1, 0.15) is 16.8 Å². The van der Waals surface area contributed by atoms with Gasteiger partial charge < -0.3 is 18.9 Å². The Morgan fingerprint density at radius 1 is 1.00 bits per heavy atom. The van der Waals surface area contributed by atoms with E-state index in [1.807, 2.05) is 0 Å². The number of carbonyl (C=O) groups is 2. The van der Waals surface area contributed by atoms with Crippen molar-refractivity contribution >= 4 is 11.8 Å². The van der Waals surface area contributed by atoms with E-state index < -0.39 is 11.8 Å². The van der Waals surface area contributed by atoms with Crippen LogP contribution in [0.5, 0.6) is 17.2 Å². The molecule has 0 radical (unpaired) electrons. The molecular formula is C13H16O6. The van der Waals surface area contributed by atoms with Crippen LogP contribution in [0.4, 0.5) is 0 Å². The quantitative estimate of drug-likeness (QED) is 0.442. The zero-order valence-electron chi connectivity index (χ0n) is 11.3. The van der Waals surface area contributed by atoms with Gasteiger partial charge in [0.15, 0.2) is 17.3 Å². The molecule has 0 amide bonds. The number of hydrogen-bond acceptors (Lipinski definition) is 6. The number of benzene rings is 1. The molecule has 0 bridgehead atoms. The molecular weight excluding hydrogens is 252 g/mol. The van der Waals surface area contributed by atoms with Crippen LogP contribution in [0, 0.1) is 0 Å². The molecule has 0 N–H and O–H groups in total. The Labute approximate surface area is 111 Å². The molecule has 0 aliphatic heterocycles. The lowest BCUT2D eigenvalue weighted by Gasteiger charge is -2.13. The van der Waals surface area contributed by atoms with Crippen LogP contribution in [-0.4, -0.2) is 40.2 Å². The van der Waals surface area contributed by atoms with Crippen LogP contribution in [0.15, 0.2) is 12.1 Å². The summed E-state index contributed by atoms with van der Waals surface area (Å²) in [6.45, 7) is 0. The number of carbonyl (C=O) groups excluding carboxylic acids is 2. The number of ether oxygens (including phenoxy) is 4. The van der Waals surface area contributed by atoms with Crippen molar-refractivity contribution in [1.29, 1.82) is 0 Å². The Kier molecular flexibility index (Phi) is 5.17. The highest BCUT2D eigenvalue weighted by Crippen LogP contribution is 2.36. The molecule has 0 atom stereocenters. The van der Waals surface area contributed by atoms with Crippen molar-refractivity contribution in [3.8, 4) is 17.2 Å². The largest absolute Gasteiger partial charge is 0.497 e. The van der Waals surface area contributed by atoms with Gasteiger partial charge in [0.25, 0.3) is 0 Å². The van der Waals surface area contributed by atoms with Gasteiger partial charge in [0, 0.05) is 6.07 Å². The first-order chi connectivity index (χ1) is 9.07. The minimum Gasteiger partial charge on any atom is -0.497 e. The molecule has 1 aromatic rings. The Morgan fingerprint density at radius 2 is 1.68 bits per heavy atom. The zero-order chi connectivity index (χ0) is 14.4. The van der Waals surface area contributed by atoms with E-state index in [0.717, 1.165) is 0 Å². The molecule has 1 aromatic carbocycles. The maximum atomic E-state index is 12.0. The van der Waals surface area contributed by atoms with Crippen LogP contribution < -0.4 is 14.2 Å². The molecule has 0 heterocycles. The van der Waals surface area contributed by atoms with Gasteiger partial charge in [-0.3, -0.25) is 9.59 Å². The lowest BCUT2D eigenvalue weighted by atomic mass is 10.1. The van der Waals surface area contributed by atoms with E-state index in [9.17, 15) is 9.59 Å². The minimum absolute atomic E-state index is 0.212. The fraction of sp³-hybridized carbons (Fsp3) is 0.385. The zero-order valence-corrected chi connectivity index (χ0v) is 11.3. The summed E-state index contributed by atoms with van der Waals surface area (Å²) in [6.07, 6.45) is -0.372. The topological polar surface area (TPSA) is 71.1 Å². The van der Waals surface area contributed by atoms with Crippen molar-refractivity contribution in [2.45, 2.75) is 6.42 Å². The second-order valence-corrected chi connectivity index (χ2v) is 3.59. The number of esters is 1. The van der Waals surface area contributed by atoms with Crippen LogP contribution in [0.25, 0.3) is 0 Å². The van der Waals surface area contributed by atoms with Crippen LogP contribution in [0.2, 0.25) is 0 Å². The lowest BCUT2D eigenvalue weighted by Crippen LogP contribution is -2.11. The van der Waals surface area contributed by atoms with E-state index in [-0.39, 0.29) is 17.7 Å². The first kappa shape index (κ1) is 14.8. The molecule has 6 heteroatoms. The molecule has 0 saturated heterocycles. The predicted octanol–water partition coefficient (Wildman–Crippen LogP) is 1.46. The standard InChI is InChI=1S/C13H16O6/c1-16-8-5-9(10(14)7-12(15)18-3)13(19-4)11(6-8)17-2/h5-6H,7H2,1-4H3. The number of rotatable bonds is 6. The molecule has 6 nitrogen and oxygen atoms in total. The lowest BCUT2D eigenvalue weighted by molar-refractivity contribution is -0.139. The first-order valence-corrected chi connectivity index (χ1v) is 5.47. The summed E-state index contributed by atoms with van der Waals surface area (Å²) in [7, 11) is 5.56. The summed E-state index contributed by atoms with van der Waals surface area (Å²) in [4.78, 5) is 23.2. The summed E-state index contributed by atoms with van der Waals surface area (Å²) in [5.74, 6) is 0.00729. The molecule has 0 unspecified atom stereocenters. The van der Waals surface area contributed by atoms with E-state index in [2.05, 4.69) is 4.74 Å². The highest BCUT2D eigenvalue weighted by molar-refractivity contribution is 6.08. The van der Waals surface area contributed by atoms with Crippen molar-refractivity contribution < 1.29 is 28.5 Å². The monoisotopic (exact) mass is 268 g/mol. The van der Waals surface area contributed by atoms with Gasteiger partial charge in [-0.2, -0.15) is 0 Å². The molecule has 0 saturated carbocycles. The van der Waals surface area contributed by atoms with Crippen LogP contribution in [-0.2, 0) is 9.53 Å². The number of methoxy groups -OCH3 is 4. The highest BCUT2D eigenvalue weighted by atomic mass is 16.5. The third-order valence-corrected chi connectivity index (χ3v) is 2.52. The first-order valence-electron chi connectivity index (χ1n) is 5.47. The number of hydrogen-bond donors (Lipinski definition) is 0. The minimum atomic E-state index is -0.617. The van der Waals surface area contributed by atoms with Gasteiger partial charge in [0.1, 0.15) is 12.2 Å². The average Bonchev–Trinajstić information content (AvgIpc) is 2.45. The fourth-order valence-electron chi connectivity index (χ4n) is 1.56. The van der Waals surface area contributed by atoms with Gasteiger partial charge in [-0.05, 0) is 6.07 Å². The molecule has 0 aliphatic rings. The van der Waals surface area contributed by atoms with Crippen LogP contribution >= 0.6 is 0 Å². The Morgan fingerprint density at radius 3 is 2.16 bits per heavy atom. The predicted molar refractivity (Wildman–Crippen MR) is 67.1 cm³/mol. The van der Waals surface area contributed by atoms with Crippen molar-refractivity contribution in [3.05, 3.63) is 17.7 Å². The van der Waals surface area contributed by atoms with Crippen molar-refractivity contribution in [2.75, 3.05) is 28.4 Å². The molecule has 0 aliphatic carbocycles. The fourth-order valence-corrected chi connectivity index (χ4v) is 1.56. The van der Waals surface area contributed by atoms with E-state index in [1.54, 1.807) is 6.07 Å². The molecule has 104 valence electrons. The van der Waals surface area contributed by atoms with Gasteiger partial charge in [-0.15, -0.1) is 0 Å². The summed E-state index contributed by atoms with van der Waals surface area (Å²) in [6, 6.07) is 3.08. The van der Waals surface area contributed by atoms with Gasteiger partial charge in [0.05, 0.1) is 34.0 Å². The summed E-state index contributed by atoms with van der Waals surface area (Å²) in [5.41, 5.74) is 0.212. The Bertz CT molecular complexity index is 480. The highest BCUT2D eigenvalue weighted by Gasteiger charge is 2.21. The van der Waals surface area contributed by atoms with Crippen LogP contribution in [0.3, 0.4) is 0 Å². The second-order valence-electron chi connectivity index (χ2n) is 3.59. The SMILES string of the molecule is COC(=O)CC(=O)c1cc(OC)cc(OC)c1OC. The summed E-state index contributed by atoms with van der Waals surface area (Å²) < 4.78 is 19.8. The molecule has 0 fully saturated rings. The Balaban J connectivity index is 3.23. The normalized spacial score (nSPS) is 9.68. The third-order valence-electron chi connectivity index (χ3n) is 2.52. The van der Waals surface area contributed by atoms with Gasteiger partial charge >= 0.3 is 5.97 Å². The molecule has 19 heavy (non-hydrogen) atoms. The van der Waals surface area contributed by atoms with Crippen molar-refractivity contribution in [3.63, 3.8) is 0 Å². The van der Waals surface area contributed by atoms with Gasteiger partial charge in [-0.25, -0.2) is 0 Å². The Hall–Kier alpha value is -2.24. The molecule has 0 spiro atoms. The van der Waals surface area contributed by atoms with Crippen molar-refractivity contribution in [2.24, 2.45) is 0 Å². The maximum absolute atomic E-state index is 12.0. The smallest absolute Gasteiger partial charge is 0.313 e. The van der Waals surface area contributed by atoms with E-state index in [4.69, 9.17) is 14.2 Å². The van der Waals surface area contributed by atoms with Gasteiger partial charge in [0.2, 0.25) is 0 Å². The van der Waals surface area contributed by atoms with Gasteiger partial charge in [-0.1, -0.05) is 0 Å². The molecule has 0 aromatic heterocycles. The molecule has 1 rings (SSSR count). The van der Waals surface area contributed by atoms with Crippen molar-refractivity contribution in [1.82, 2.24) is 0 Å². The van der Waals surface area contributed by atoms with E-state index >= 15 is 0 Å². The summed E-state index contributed by atoms with van der Waals surface area (Å²) in [5, 5.41) is 0. The third kappa shape index (κ3) is 3.37. The second kappa shape index (κ2) is 6.63. The number of ketones is 1. The van der Waals surface area contributed by atoms with E-state index in [0.29, 0.717) is 11.5 Å².